The SMILES string of the molecule is Cc1nn(C)cc1CN(CCCC(=O)O)c1ccccc1. The van der Waals surface area contributed by atoms with E-state index in [1.165, 1.54) is 0 Å². The minimum Gasteiger partial charge on any atom is -0.481 e. The Bertz CT molecular complexity index is 593. The van der Waals surface area contributed by atoms with Gasteiger partial charge in [0.25, 0.3) is 0 Å². The number of rotatable bonds is 7. The third-order valence-electron chi connectivity index (χ3n) is 3.42. The van der Waals surface area contributed by atoms with Crippen molar-refractivity contribution in [1.29, 1.82) is 0 Å². The van der Waals surface area contributed by atoms with E-state index in [4.69, 9.17) is 5.11 Å². The van der Waals surface area contributed by atoms with E-state index < -0.39 is 5.97 Å². The predicted molar refractivity (Wildman–Crippen MR) is 82.3 cm³/mol. The van der Waals surface area contributed by atoms with Crippen LogP contribution >= 0.6 is 0 Å². The van der Waals surface area contributed by atoms with Gasteiger partial charge in [0.05, 0.1) is 5.69 Å². The summed E-state index contributed by atoms with van der Waals surface area (Å²) in [6.07, 6.45) is 2.83. The molecule has 0 atom stereocenters. The summed E-state index contributed by atoms with van der Waals surface area (Å²) in [5, 5.41) is 13.2. The number of carboxylic acids is 1. The Hall–Kier alpha value is -2.30. The molecule has 0 saturated heterocycles. The monoisotopic (exact) mass is 287 g/mol. The highest BCUT2D eigenvalue weighted by Crippen LogP contribution is 2.18. The van der Waals surface area contributed by atoms with E-state index in [2.05, 4.69) is 10.00 Å². The molecule has 1 aromatic carbocycles. The van der Waals surface area contributed by atoms with E-state index in [9.17, 15) is 4.79 Å². The highest BCUT2D eigenvalue weighted by molar-refractivity contribution is 5.66. The maximum Gasteiger partial charge on any atom is 0.303 e. The molecule has 1 N–H and O–H groups in total. The van der Waals surface area contributed by atoms with Crippen molar-refractivity contribution in [2.75, 3.05) is 11.4 Å². The number of nitrogens with zero attached hydrogens (tertiary/aromatic N) is 3. The van der Waals surface area contributed by atoms with Crippen molar-refractivity contribution in [3.05, 3.63) is 47.8 Å². The highest BCUT2D eigenvalue weighted by atomic mass is 16.4. The lowest BCUT2D eigenvalue weighted by Gasteiger charge is -2.24. The molecule has 0 fully saturated rings. The molecule has 0 unspecified atom stereocenters. The van der Waals surface area contributed by atoms with Crippen LogP contribution < -0.4 is 4.90 Å². The number of aryl methyl sites for hydroxylation is 2. The van der Waals surface area contributed by atoms with Gasteiger partial charge in [0.2, 0.25) is 0 Å². The van der Waals surface area contributed by atoms with Crippen LogP contribution in [0.2, 0.25) is 0 Å². The van der Waals surface area contributed by atoms with Crippen LogP contribution in [0, 0.1) is 6.92 Å². The molecule has 5 nitrogen and oxygen atoms in total. The van der Waals surface area contributed by atoms with Crippen LogP contribution in [-0.4, -0.2) is 27.4 Å². The summed E-state index contributed by atoms with van der Waals surface area (Å²) in [6, 6.07) is 10.1. The topological polar surface area (TPSA) is 58.4 Å². The largest absolute Gasteiger partial charge is 0.481 e. The number of benzene rings is 1. The van der Waals surface area contributed by atoms with Gasteiger partial charge in [0, 0.05) is 44.0 Å². The quantitative estimate of drug-likeness (QED) is 0.850. The maximum atomic E-state index is 10.7. The Morgan fingerprint density at radius 2 is 2.05 bits per heavy atom. The van der Waals surface area contributed by atoms with Crippen LogP contribution in [0.5, 0.6) is 0 Å². The molecule has 5 heteroatoms. The van der Waals surface area contributed by atoms with Gasteiger partial charge >= 0.3 is 5.97 Å². The number of para-hydroxylation sites is 1. The number of anilines is 1. The summed E-state index contributed by atoms with van der Waals surface area (Å²) in [5.41, 5.74) is 3.28. The van der Waals surface area contributed by atoms with Crippen molar-refractivity contribution >= 4 is 11.7 Å². The fraction of sp³-hybridized carbons (Fsp3) is 0.375. The Morgan fingerprint density at radius 1 is 1.33 bits per heavy atom. The normalized spacial score (nSPS) is 10.6. The molecular formula is C16H21N3O2. The summed E-state index contributed by atoms with van der Waals surface area (Å²) in [7, 11) is 1.91. The van der Waals surface area contributed by atoms with E-state index in [0.29, 0.717) is 13.0 Å². The van der Waals surface area contributed by atoms with Crippen molar-refractivity contribution in [3.8, 4) is 0 Å². The van der Waals surface area contributed by atoms with E-state index in [0.717, 1.165) is 23.5 Å². The summed E-state index contributed by atoms with van der Waals surface area (Å²) in [6.45, 7) is 3.45. The second-order valence-electron chi connectivity index (χ2n) is 5.17. The molecular weight excluding hydrogens is 266 g/mol. The van der Waals surface area contributed by atoms with Crippen LogP contribution in [0.3, 0.4) is 0 Å². The standard InChI is InChI=1S/C16H21N3O2/c1-13-14(11-18(2)17-13)12-19(10-6-9-16(20)21)15-7-4-3-5-8-15/h3-5,7-8,11H,6,9-10,12H2,1-2H3,(H,20,21). The molecule has 21 heavy (non-hydrogen) atoms. The Kier molecular flexibility index (Phi) is 4.98. The number of aromatic nitrogens is 2. The summed E-state index contributed by atoms with van der Waals surface area (Å²) >= 11 is 0. The molecule has 0 spiro atoms. The molecule has 2 aromatic rings. The summed E-state index contributed by atoms with van der Waals surface area (Å²) < 4.78 is 1.81. The predicted octanol–water partition coefficient (Wildman–Crippen LogP) is 2.60. The molecule has 1 aromatic heterocycles. The van der Waals surface area contributed by atoms with Gasteiger partial charge in [0.1, 0.15) is 0 Å². The molecule has 1 heterocycles. The van der Waals surface area contributed by atoms with Crippen molar-refractivity contribution in [3.63, 3.8) is 0 Å². The highest BCUT2D eigenvalue weighted by Gasteiger charge is 2.11. The number of carbonyl (C=O) groups is 1. The third-order valence-corrected chi connectivity index (χ3v) is 3.42. The van der Waals surface area contributed by atoms with Gasteiger partial charge in [-0.15, -0.1) is 0 Å². The van der Waals surface area contributed by atoms with Crippen LogP contribution in [-0.2, 0) is 18.4 Å². The molecule has 0 saturated carbocycles. The molecule has 2 rings (SSSR count). The molecule has 0 aliphatic rings. The van der Waals surface area contributed by atoms with Gasteiger partial charge in [0.15, 0.2) is 0 Å². The zero-order valence-electron chi connectivity index (χ0n) is 12.5. The number of hydrogen-bond acceptors (Lipinski definition) is 3. The second-order valence-corrected chi connectivity index (χ2v) is 5.17. The molecule has 0 bridgehead atoms. The zero-order valence-corrected chi connectivity index (χ0v) is 12.5. The molecule has 0 radical (unpaired) electrons. The fourth-order valence-electron chi connectivity index (χ4n) is 2.37. The van der Waals surface area contributed by atoms with E-state index in [1.807, 2.05) is 55.2 Å². The minimum atomic E-state index is -0.749. The summed E-state index contributed by atoms with van der Waals surface area (Å²) in [4.78, 5) is 12.9. The maximum absolute atomic E-state index is 10.7. The number of hydrogen-bond donors (Lipinski definition) is 1. The molecule has 112 valence electrons. The average Bonchev–Trinajstić information content (AvgIpc) is 2.76. The lowest BCUT2D eigenvalue weighted by Crippen LogP contribution is -2.24. The van der Waals surface area contributed by atoms with Crippen molar-refractivity contribution in [1.82, 2.24) is 9.78 Å². The van der Waals surface area contributed by atoms with Crippen molar-refractivity contribution < 1.29 is 9.90 Å². The first-order chi connectivity index (χ1) is 10.1. The van der Waals surface area contributed by atoms with Crippen LogP contribution in [0.1, 0.15) is 24.1 Å². The Labute approximate surface area is 124 Å². The van der Waals surface area contributed by atoms with E-state index in [1.54, 1.807) is 0 Å². The first-order valence-corrected chi connectivity index (χ1v) is 7.07. The van der Waals surface area contributed by atoms with Crippen LogP contribution in [0.4, 0.5) is 5.69 Å². The molecule has 0 amide bonds. The lowest BCUT2D eigenvalue weighted by atomic mass is 10.2. The second kappa shape index (κ2) is 6.92. The lowest BCUT2D eigenvalue weighted by molar-refractivity contribution is -0.137. The average molecular weight is 287 g/mol. The first-order valence-electron chi connectivity index (χ1n) is 7.07. The van der Waals surface area contributed by atoms with Crippen LogP contribution in [0.15, 0.2) is 36.5 Å². The first kappa shape index (κ1) is 15.1. The van der Waals surface area contributed by atoms with Crippen molar-refractivity contribution in [2.45, 2.75) is 26.3 Å². The molecule has 0 aliphatic heterocycles. The van der Waals surface area contributed by atoms with Gasteiger partial charge < -0.3 is 10.0 Å². The molecule has 0 aliphatic carbocycles. The third kappa shape index (κ3) is 4.34. The van der Waals surface area contributed by atoms with Gasteiger partial charge in [-0.2, -0.15) is 5.10 Å². The van der Waals surface area contributed by atoms with Gasteiger partial charge in [-0.3, -0.25) is 9.48 Å². The Morgan fingerprint density at radius 3 is 2.62 bits per heavy atom. The van der Waals surface area contributed by atoms with Gasteiger partial charge in [-0.25, -0.2) is 0 Å². The van der Waals surface area contributed by atoms with Crippen molar-refractivity contribution in [2.24, 2.45) is 7.05 Å². The number of aliphatic carboxylic acids is 1. The fourth-order valence-corrected chi connectivity index (χ4v) is 2.37. The number of carboxylic acid groups (broad SMARTS) is 1. The van der Waals surface area contributed by atoms with Gasteiger partial charge in [-0.05, 0) is 25.5 Å². The Balaban J connectivity index is 2.11. The smallest absolute Gasteiger partial charge is 0.303 e. The van der Waals surface area contributed by atoms with E-state index >= 15 is 0 Å². The minimum absolute atomic E-state index is 0.190. The van der Waals surface area contributed by atoms with E-state index in [-0.39, 0.29) is 6.42 Å². The van der Waals surface area contributed by atoms with Gasteiger partial charge in [-0.1, -0.05) is 18.2 Å². The van der Waals surface area contributed by atoms with Crippen LogP contribution in [0.25, 0.3) is 0 Å². The zero-order chi connectivity index (χ0) is 15.2. The summed E-state index contributed by atoms with van der Waals surface area (Å²) in [5.74, 6) is -0.749.